The largest absolute Gasteiger partial charge is 0.481 e. The van der Waals surface area contributed by atoms with Crippen LogP contribution in [0.5, 0.6) is 0 Å². The molecule has 0 aliphatic carbocycles. The zero-order valence-electron chi connectivity index (χ0n) is 10.8. The van der Waals surface area contributed by atoms with Gasteiger partial charge in [-0.1, -0.05) is 17.9 Å². The van der Waals surface area contributed by atoms with Crippen molar-refractivity contribution in [3.63, 3.8) is 0 Å². The van der Waals surface area contributed by atoms with Gasteiger partial charge in [-0.15, -0.1) is 0 Å². The number of hydrogen-bond donors (Lipinski definition) is 1. The van der Waals surface area contributed by atoms with Crippen molar-refractivity contribution in [2.45, 2.75) is 20.3 Å². The van der Waals surface area contributed by atoms with Gasteiger partial charge in [0.25, 0.3) is 0 Å². The summed E-state index contributed by atoms with van der Waals surface area (Å²) in [5, 5.41) is 13.0. The Labute approximate surface area is 111 Å². The van der Waals surface area contributed by atoms with Crippen molar-refractivity contribution in [1.29, 1.82) is 0 Å². The van der Waals surface area contributed by atoms with Crippen LogP contribution >= 0.6 is 0 Å². The number of nitrogens with zero attached hydrogens (tertiary/aromatic N) is 2. The van der Waals surface area contributed by atoms with Gasteiger partial charge in [-0.2, -0.15) is 5.10 Å². The summed E-state index contributed by atoms with van der Waals surface area (Å²) in [6.07, 6.45) is -0.149. The lowest BCUT2D eigenvalue weighted by Gasteiger charge is -2.04. The van der Waals surface area contributed by atoms with Crippen LogP contribution < -0.4 is 0 Å². The Hall–Kier alpha value is -2.54. The molecule has 0 amide bonds. The first kappa shape index (κ1) is 12.9. The Kier molecular flexibility index (Phi) is 3.67. The molecule has 2 rings (SSSR count). The maximum Gasteiger partial charge on any atom is 0.315 e. The minimum absolute atomic E-state index is 0.149. The molecule has 0 spiro atoms. The van der Waals surface area contributed by atoms with Crippen LogP contribution in [0.15, 0.2) is 30.3 Å². The average molecular weight is 254 g/mol. The molecule has 0 bridgehead atoms. The van der Waals surface area contributed by atoms with Crippen molar-refractivity contribution >= 4 is 5.97 Å². The van der Waals surface area contributed by atoms with Gasteiger partial charge in [0.1, 0.15) is 6.42 Å². The van der Waals surface area contributed by atoms with Gasteiger partial charge in [0.05, 0.1) is 11.4 Å². The highest BCUT2D eigenvalue weighted by atomic mass is 16.4. The van der Waals surface area contributed by atoms with E-state index in [1.165, 1.54) is 0 Å². The molecule has 4 heteroatoms. The fourth-order valence-electron chi connectivity index (χ4n) is 1.83. The maximum absolute atomic E-state index is 10.4. The molecule has 96 valence electrons. The molecule has 0 aliphatic heterocycles. The first-order chi connectivity index (χ1) is 9.06. The minimum atomic E-state index is -0.915. The molecular formula is C15H14N2O2. The van der Waals surface area contributed by atoms with Crippen LogP contribution in [0.1, 0.15) is 23.4 Å². The predicted molar refractivity (Wildman–Crippen MR) is 72.2 cm³/mol. The normalized spacial score (nSPS) is 9.79. The standard InChI is InChI=1S/C15H14N2O2/c1-11-9-12(2)17(16-11)14-7-3-5-13(10-14)6-4-8-15(18)19/h3,5,7,9-10H,8H2,1-2H3,(H,18,19). The number of benzene rings is 1. The van der Waals surface area contributed by atoms with Crippen molar-refractivity contribution in [1.82, 2.24) is 9.78 Å². The Balaban J connectivity index is 2.31. The molecule has 1 N–H and O–H groups in total. The number of hydrogen-bond acceptors (Lipinski definition) is 2. The number of carboxylic acid groups (broad SMARTS) is 1. The smallest absolute Gasteiger partial charge is 0.315 e. The van der Waals surface area contributed by atoms with E-state index in [-0.39, 0.29) is 6.42 Å². The molecule has 2 aromatic rings. The topological polar surface area (TPSA) is 55.1 Å². The van der Waals surface area contributed by atoms with E-state index in [1.54, 1.807) is 0 Å². The molecule has 1 aromatic heterocycles. The predicted octanol–water partition coefficient (Wildman–Crippen LogP) is 2.32. The van der Waals surface area contributed by atoms with Gasteiger partial charge < -0.3 is 5.11 Å². The van der Waals surface area contributed by atoms with Crippen molar-refractivity contribution < 1.29 is 9.90 Å². The van der Waals surface area contributed by atoms with Crippen LogP contribution in [0.25, 0.3) is 5.69 Å². The summed E-state index contributed by atoms with van der Waals surface area (Å²) in [4.78, 5) is 10.4. The van der Waals surface area contributed by atoms with E-state index in [9.17, 15) is 4.79 Å². The van der Waals surface area contributed by atoms with E-state index in [4.69, 9.17) is 5.11 Å². The molecule has 4 nitrogen and oxygen atoms in total. The summed E-state index contributed by atoms with van der Waals surface area (Å²) in [5.74, 6) is 4.55. The minimum Gasteiger partial charge on any atom is -0.481 e. The van der Waals surface area contributed by atoms with E-state index < -0.39 is 5.97 Å². The Morgan fingerprint density at radius 3 is 2.79 bits per heavy atom. The summed E-state index contributed by atoms with van der Waals surface area (Å²) in [6.45, 7) is 3.93. The molecule has 0 saturated carbocycles. The number of aryl methyl sites for hydroxylation is 2. The molecular weight excluding hydrogens is 240 g/mol. The lowest BCUT2D eigenvalue weighted by atomic mass is 10.2. The molecule has 0 radical (unpaired) electrons. The third-order valence-electron chi connectivity index (χ3n) is 2.57. The van der Waals surface area contributed by atoms with Gasteiger partial charge in [-0.3, -0.25) is 4.79 Å². The molecule has 0 fully saturated rings. The van der Waals surface area contributed by atoms with Crippen LogP contribution in [-0.2, 0) is 4.79 Å². The number of aromatic nitrogens is 2. The first-order valence-electron chi connectivity index (χ1n) is 5.90. The van der Waals surface area contributed by atoms with Gasteiger partial charge in [-0.25, -0.2) is 4.68 Å². The van der Waals surface area contributed by atoms with E-state index >= 15 is 0 Å². The fourth-order valence-corrected chi connectivity index (χ4v) is 1.83. The van der Waals surface area contributed by atoms with Gasteiger partial charge in [0.15, 0.2) is 0 Å². The highest BCUT2D eigenvalue weighted by Crippen LogP contribution is 2.13. The van der Waals surface area contributed by atoms with Gasteiger partial charge in [0.2, 0.25) is 0 Å². The molecule has 0 unspecified atom stereocenters. The van der Waals surface area contributed by atoms with Crippen LogP contribution in [0.2, 0.25) is 0 Å². The van der Waals surface area contributed by atoms with Crippen molar-refractivity contribution in [3.05, 3.63) is 47.3 Å². The van der Waals surface area contributed by atoms with Gasteiger partial charge >= 0.3 is 5.97 Å². The number of rotatable bonds is 2. The average Bonchev–Trinajstić information content (AvgIpc) is 2.68. The van der Waals surface area contributed by atoms with E-state index in [1.807, 2.05) is 48.9 Å². The van der Waals surface area contributed by atoms with E-state index in [0.717, 1.165) is 22.6 Å². The Bertz CT molecular complexity index is 675. The quantitative estimate of drug-likeness (QED) is 0.837. The zero-order valence-corrected chi connectivity index (χ0v) is 10.8. The third-order valence-corrected chi connectivity index (χ3v) is 2.57. The number of aliphatic carboxylic acids is 1. The van der Waals surface area contributed by atoms with Crippen LogP contribution in [-0.4, -0.2) is 20.9 Å². The van der Waals surface area contributed by atoms with Crippen molar-refractivity contribution in [3.8, 4) is 17.5 Å². The second-order valence-electron chi connectivity index (χ2n) is 4.26. The van der Waals surface area contributed by atoms with Crippen molar-refractivity contribution in [2.75, 3.05) is 0 Å². The lowest BCUT2D eigenvalue weighted by Crippen LogP contribution is -1.99. The highest BCUT2D eigenvalue weighted by molar-refractivity contribution is 5.70. The molecule has 0 aliphatic rings. The van der Waals surface area contributed by atoms with Crippen LogP contribution in [0, 0.1) is 25.7 Å². The maximum atomic E-state index is 10.4. The summed E-state index contributed by atoms with van der Waals surface area (Å²) in [7, 11) is 0. The second kappa shape index (κ2) is 5.40. The summed E-state index contributed by atoms with van der Waals surface area (Å²) in [6, 6.07) is 9.58. The summed E-state index contributed by atoms with van der Waals surface area (Å²) >= 11 is 0. The van der Waals surface area contributed by atoms with Crippen LogP contribution in [0.3, 0.4) is 0 Å². The van der Waals surface area contributed by atoms with Crippen molar-refractivity contribution in [2.24, 2.45) is 0 Å². The Morgan fingerprint density at radius 2 is 2.16 bits per heavy atom. The molecule has 1 aromatic carbocycles. The second-order valence-corrected chi connectivity index (χ2v) is 4.26. The summed E-state index contributed by atoms with van der Waals surface area (Å²) in [5.41, 5.74) is 3.71. The van der Waals surface area contributed by atoms with Crippen LogP contribution in [0.4, 0.5) is 0 Å². The lowest BCUT2D eigenvalue weighted by molar-refractivity contribution is -0.135. The monoisotopic (exact) mass is 254 g/mol. The zero-order chi connectivity index (χ0) is 13.8. The van der Waals surface area contributed by atoms with Gasteiger partial charge in [-0.05, 0) is 38.1 Å². The third kappa shape index (κ3) is 3.23. The highest BCUT2D eigenvalue weighted by Gasteiger charge is 2.03. The number of carbonyl (C=O) groups is 1. The molecule has 0 saturated heterocycles. The molecule has 19 heavy (non-hydrogen) atoms. The van der Waals surface area contributed by atoms with E-state index in [0.29, 0.717) is 0 Å². The summed E-state index contributed by atoms with van der Waals surface area (Å²) < 4.78 is 1.84. The first-order valence-corrected chi connectivity index (χ1v) is 5.90. The fraction of sp³-hybridized carbons (Fsp3) is 0.200. The SMILES string of the molecule is Cc1cc(C)n(-c2cccc(C#CCC(=O)O)c2)n1. The molecule has 1 heterocycles. The molecule has 0 atom stereocenters. The van der Waals surface area contributed by atoms with E-state index in [2.05, 4.69) is 16.9 Å². The number of carboxylic acids is 1. The Morgan fingerprint density at radius 1 is 1.37 bits per heavy atom. The van der Waals surface area contributed by atoms with Gasteiger partial charge in [0, 0.05) is 11.3 Å².